The fraction of sp³-hybridized carbons (Fsp3) is 0. The van der Waals surface area contributed by atoms with Crippen LogP contribution in [-0.2, 0) is 9.05 Å². The summed E-state index contributed by atoms with van der Waals surface area (Å²) in [7, 11) is 1.09. The van der Waals surface area contributed by atoms with Crippen molar-refractivity contribution >= 4 is 19.7 Å². The van der Waals surface area contributed by atoms with Gasteiger partial charge in [-0.15, -0.1) is 0 Å². The first-order valence-corrected chi connectivity index (χ1v) is 4.48. The SMILES string of the molecule is O=S(=O)(Cl)c1ncncn1. The van der Waals surface area contributed by atoms with Gasteiger partial charge in [-0.1, -0.05) is 0 Å². The maximum absolute atomic E-state index is 10.4. The summed E-state index contributed by atoms with van der Waals surface area (Å²) < 4.78 is 20.9. The Morgan fingerprint density at radius 1 is 1.30 bits per heavy atom. The van der Waals surface area contributed by atoms with E-state index in [4.69, 9.17) is 10.7 Å². The van der Waals surface area contributed by atoms with Crippen molar-refractivity contribution < 1.29 is 8.42 Å². The van der Waals surface area contributed by atoms with Gasteiger partial charge in [0.25, 0.3) is 14.2 Å². The smallest absolute Gasteiger partial charge is 0.225 e. The molecular formula is C3H2ClN3O2S. The highest BCUT2D eigenvalue weighted by molar-refractivity contribution is 8.13. The molecule has 5 nitrogen and oxygen atoms in total. The Hall–Kier alpha value is -0.750. The molecule has 0 aliphatic heterocycles. The molecule has 0 bridgehead atoms. The summed E-state index contributed by atoms with van der Waals surface area (Å²) in [4.78, 5) is 10.0. The summed E-state index contributed by atoms with van der Waals surface area (Å²) in [6.45, 7) is 0. The van der Waals surface area contributed by atoms with Gasteiger partial charge in [-0.05, 0) is 0 Å². The first kappa shape index (κ1) is 7.36. The van der Waals surface area contributed by atoms with E-state index in [0.717, 1.165) is 12.7 Å². The van der Waals surface area contributed by atoms with Gasteiger partial charge in [-0.3, -0.25) is 0 Å². The van der Waals surface area contributed by atoms with E-state index in [-0.39, 0.29) is 0 Å². The summed E-state index contributed by atoms with van der Waals surface area (Å²) in [6.07, 6.45) is 2.12. The lowest BCUT2D eigenvalue weighted by atomic mass is 11.1. The standard InChI is InChI=1S/C3H2ClN3O2S/c4-10(8,9)3-6-1-5-2-7-3/h1-2H. The molecule has 0 radical (unpaired) electrons. The average molecular weight is 180 g/mol. The zero-order chi connectivity index (χ0) is 7.61. The minimum atomic E-state index is -3.79. The molecular weight excluding hydrogens is 178 g/mol. The van der Waals surface area contributed by atoms with E-state index in [1.165, 1.54) is 0 Å². The molecule has 0 saturated carbocycles. The van der Waals surface area contributed by atoms with Crippen molar-refractivity contribution in [3.05, 3.63) is 12.7 Å². The topological polar surface area (TPSA) is 72.8 Å². The second kappa shape index (κ2) is 2.47. The summed E-state index contributed by atoms with van der Waals surface area (Å²) in [5, 5.41) is -0.427. The first-order chi connectivity index (χ1) is 4.61. The number of aromatic nitrogens is 3. The van der Waals surface area contributed by atoms with Crippen molar-refractivity contribution in [3.8, 4) is 0 Å². The molecule has 0 unspecified atom stereocenters. The van der Waals surface area contributed by atoms with Crippen LogP contribution in [0.2, 0.25) is 0 Å². The van der Waals surface area contributed by atoms with Gasteiger partial charge in [0, 0.05) is 10.7 Å². The molecule has 7 heteroatoms. The van der Waals surface area contributed by atoms with Crippen LogP contribution in [-0.4, -0.2) is 23.4 Å². The van der Waals surface area contributed by atoms with Crippen molar-refractivity contribution in [2.24, 2.45) is 0 Å². The van der Waals surface area contributed by atoms with Crippen molar-refractivity contribution in [2.45, 2.75) is 5.16 Å². The van der Waals surface area contributed by atoms with Gasteiger partial charge in [0.15, 0.2) is 0 Å². The van der Waals surface area contributed by atoms with Crippen LogP contribution in [0.25, 0.3) is 0 Å². The highest BCUT2D eigenvalue weighted by Crippen LogP contribution is 2.04. The molecule has 0 amide bonds. The van der Waals surface area contributed by atoms with Crippen LogP contribution in [0.4, 0.5) is 0 Å². The van der Waals surface area contributed by atoms with Crippen molar-refractivity contribution in [3.63, 3.8) is 0 Å². The molecule has 1 rings (SSSR count). The van der Waals surface area contributed by atoms with E-state index >= 15 is 0 Å². The van der Waals surface area contributed by atoms with Gasteiger partial charge >= 0.3 is 0 Å². The van der Waals surface area contributed by atoms with Crippen LogP contribution in [0.5, 0.6) is 0 Å². The van der Waals surface area contributed by atoms with Gasteiger partial charge < -0.3 is 0 Å². The molecule has 0 saturated heterocycles. The third-order valence-electron chi connectivity index (χ3n) is 0.688. The third kappa shape index (κ3) is 1.61. The quantitative estimate of drug-likeness (QED) is 0.559. The normalized spacial score (nSPS) is 11.3. The van der Waals surface area contributed by atoms with E-state index in [2.05, 4.69) is 15.0 Å². The number of nitrogens with zero attached hydrogens (tertiary/aromatic N) is 3. The summed E-state index contributed by atoms with van der Waals surface area (Å²) in [6, 6.07) is 0. The average Bonchev–Trinajstić information content (AvgIpc) is 1.88. The third-order valence-corrected chi connectivity index (χ3v) is 1.75. The Morgan fingerprint density at radius 2 is 1.80 bits per heavy atom. The van der Waals surface area contributed by atoms with Crippen molar-refractivity contribution in [2.75, 3.05) is 0 Å². The molecule has 0 aliphatic carbocycles. The van der Waals surface area contributed by atoms with E-state index in [1.807, 2.05) is 0 Å². The van der Waals surface area contributed by atoms with E-state index in [1.54, 1.807) is 0 Å². The predicted octanol–water partition coefficient (Wildman–Crippen LogP) is -0.201. The molecule has 1 heterocycles. The lowest BCUT2D eigenvalue weighted by molar-refractivity contribution is 0.600. The maximum Gasteiger partial charge on any atom is 0.296 e. The second-order valence-corrected chi connectivity index (χ2v) is 3.82. The van der Waals surface area contributed by atoms with E-state index in [9.17, 15) is 8.42 Å². The highest BCUT2D eigenvalue weighted by Gasteiger charge is 2.11. The lowest BCUT2D eigenvalue weighted by Crippen LogP contribution is -1.98. The Balaban J connectivity index is 3.22. The Kier molecular flexibility index (Phi) is 1.82. The van der Waals surface area contributed by atoms with Crippen molar-refractivity contribution in [1.29, 1.82) is 0 Å². The van der Waals surface area contributed by atoms with E-state index in [0.29, 0.717) is 0 Å². The van der Waals surface area contributed by atoms with E-state index < -0.39 is 14.2 Å². The molecule has 1 aromatic rings. The molecule has 0 aliphatic rings. The van der Waals surface area contributed by atoms with Gasteiger partial charge in [0.2, 0.25) is 0 Å². The number of halogens is 1. The Morgan fingerprint density at radius 3 is 2.10 bits per heavy atom. The largest absolute Gasteiger partial charge is 0.296 e. The molecule has 0 atom stereocenters. The number of rotatable bonds is 1. The fourth-order valence-corrected chi connectivity index (χ4v) is 0.940. The minimum absolute atomic E-state index is 0.427. The van der Waals surface area contributed by atoms with Gasteiger partial charge in [0.1, 0.15) is 12.7 Å². The number of hydrogen-bond donors (Lipinski definition) is 0. The van der Waals surface area contributed by atoms with Crippen LogP contribution in [0, 0.1) is 0 Å². The minimum Gasteiger partial charge on any atom is -0.225 e. The Labute approximate surface area is 61.5 Å². The van der Waals surface area contributed by atoms with Crippen LogP contribution in [0.1, 0.15) is 0 Å². The molecule has 0 spiro atoms. The molecule has 0 N–H and O–H groups in total. The summed E-state index contributed by atoms with van der Waals surface area (Å²) in [5.41, 5.74) is 0. The summed E-state index contributed by atoms with van der Waals surface area (Å²) >= 11 is 0. The highest BCUT2D eigenvalue weighted by atomic mass is 35.7. The fourth-order valence-electron chi connectivity index (χ4n) is 0.355. The predicted molar refractivity (Wildman–Crippen MR) is 32.9 cm³/mol. The Bertz CT molecular complexity index is 310. The summed E-state index contributed by atoms with van der Waals surface area (Å²) in [5.74, 6) is 0. The van der Waals surface area contributed by atoms with Crippen LogP contribution in [0.3, 0.4) is 0 Å². The van der Waals surface area contributed by atoms with Crippen LogP contribution >= 0.6 is 10.7 Å². The van der Waals surface area contributed by atoms with Gasteiger partial charge in [-0.2, -0.15) is 0 Å². The first-order valence-electron chi connectivity index (χ1n) is 2.17. The van der Waals surface area contributed by atoms with Crippen LogP contribution in [0.15, 0.2) is 17.8 Å². The van der Waals surface area contributed by atoms with Crippen molar-refractivity contribution in [1.82, 2.24) is 15.0 Å². The molecule has 0 aromatic carbocycles. The lowest BCUT2D eigenvalue weighted by Gasteiger charge is -1.88. The number of hydrogen-bond acceptors (Lipinski definition) is 5. The molecule has 54 valence electrons. The monoisotopic (exact) mass is 179 g/mol. The molecule has 1 aromatic heterocycles. The zero-order valence-corrected chi connectivity index (χ0v) is 6.17. The van der Waals surface area contributed by atoms with Gasteiger partial charge in [0.05, 0.1) is 0 Å². The molecule has 0 fully saturated rings. The zero-order valence-electron chi connectivity index (χ0n) is 4.60. The van der Waals surface area contributed by atoms with Crippen LogP contribution < -0.4 is 0 Å². The maximum atomic E-state index is 10.4. The molecule has 10 heavy (non-hydrogen) atoms. The van der Waals surface area contributed by atoms with Gasteiger partial charge in [-0.25, -0.2) is 23.4 Å². The second-order valence-electron chi connectivity index (χ2n) is 1.36.